The van der Waals surface area contributed by atoms with Crippen LogP contribution in [0, 0.1) is 0 Å². The van der Waals surface area contributed by atoms with Gasteiger partial charge in [0.2, 0.25) is 0 Å². The molecule has 0 spiro atoms. The molecule has 1 aliphatic heterocycles. The number of rotatable bonds is 5. The molecule has 1 amide bonds. The topological polar surface area (TPSA) is 66.8 Å². The molecule has 0 aliphatic carbocycles. The van der Waals surface area contributed by atoms with E-state index in [1.807, 2.05) is 25.1 Å². The van der Waals surface area contributed by atoms with Crippen LogP contribution in [0.3, 0.4) is 0 Å². The molecule has 114 valence electrons. The molecule has 21 heavy (non-hydrogen) atoms. The van der Waals surface area contributed by atoms with Crippen molar-refractivity contribution in [1.82, 2.24) is 4.90 Å². The molecular weight excluding hydrogens is 270 g/mol. The first-order valence-corrected chi connectivity index (χ1v) is 7.28. The second-order valence-corrected chi connectivity index (χ2v) is 5.36. The van der Waals surface area contributed by atoms with Crippen molar-refractivity contribution >= 4 is 11.9 Å². The average molecular weight is 291 g/mol. The zero-order valence-corrected chi connectivity index (χ0v) is 12.4. The molecule has 1 aromatic carbocycles. The number of carbonyl (C=O) groups excluding carboxylic acids is 1. The number of nitrogens with zero attached hydrogens (tertiary/aromatic N) is 1. The summed E-state index contributed by atoms with van der Waals surface area (Å²) in [6.45, 7) is 3.94. The van der Waals surface area contributed by atoms with E-state index < -0.39 is 17.6 Å². The summed E-state index contributed by atoms with van der Waals surface area (Å²) in [5, 5.41) is 9.52. The first-order valence-electron chi connectivity index (χ1n) is 7.28. The zero-order chi connectivity index (χ0) is 15.5. The van der Waals surface area contributed by atoms with E-state index in [1.165, 1.54) is 4.90 Å². The van der Waals surface area contributed by atoms with Crippen molar-refractivity contribution in [3.63, 3.8) is 0 Å². The molecule has 1 N–H and O–H groups in total. The van der Waals surface area contributed by atoms with Gasteiger partial charge < -0.3 is 14.7 Å². The highest BCUT2D eigenvalue weighted by atomic mass is 16.5. The standard InChI is InChI=1S/C16H21NO4/c1-3-16(15(19)20)10-7-11-17(16)14(18)12(2)21-13-8-5-4-6-9-13/h4-6,8-9,12H,3,7,10-11H2,1-2H3,(H,19,20). The van der Waals surface area contributed by atoms with Gasteiger partial charge in [0.15, 0.2) is 6.10 Å². The average Bonchev–Trinajstić information content (AvgIpc) is 2.92. The highest BCUT2D eigenvalue weighted by Gasteiger charge is 2.49. The molecule has 1 aromatic rings. The summed E-state index contributed by atoms with van der Waals surface area (Å²) in [4.78, 5) is 25.7. The molecule has 2 rings (SSSR count). The molecule has 1 aliphatic rings. The minimum atomic E-state index is -1.08. The van der Waals surface area contributed by atoms with Gasteiger partial charge in [-0.1, -0.05) is 25.1 Å². The maximum absolute atomic E-state index is 12.6. The third-order valence-corrected chi connectivity index (χ3v) is 4.14. The van der Waals surface area contributed by atoms with E-state index in [0.717, 1.165) is 0 Å². The molecule has 1 fully saturated rings. The number of para-hydroxylation sites is 1. The van der Waals surface area contributed by atoms with E-state index in [-0.39, 0.29) is 5.91 Å². The van der Waals surface area contributed by atoms with Crippen LogP contribution < -0.4 is 4.74 Å². The Hall–Kier alpha value is -2.04. The summed E-state index contributed by atoms with van der Waals surface area (Å²) >= 11 is 0. The number of ether oxygens (including phenoxy) is 1. The predicted molar refractivity (Wildman–Crippen MR) is 78.1 cm³/mol. The molecule has 2 unspecified atom stereocenters. The zero-order valence-electron chi connectivity index (χ0n) is 12.4. The third-order valence-electron chi connectivity index (χ3n) is 4.14. The number of aliphatic carboxylic acids is 1. The van der Waals surface area contributed by atoms with Crippen molar-refractivity contribution in [2.24, 2.45) is 0 Å². The summed E-state index contributed by atoms with van der Waals surface area (Å²) in [5.74, 6) is -0.585. The van der Waals surface area contributed by atoms with E-state index in [2.05, 4.69) is 0 Å². The van der Waals surface area contributed by atoms with Crippen LogP contribution in [0.25, 0.3) is 0 Å². The molecule has 0 aromatic heterocycles. The molecule has 1 saturated heterocycles. The van der Waals surface area contributed by atoms with Gasteiger partial charge >= 0.3 is 5.97 Å². The minimum absolute atomic E-state index is 0.263. The van der Waals surface area contributed by atoms with Gasteiger partial charge in [0, 0.05) is 6.54 Å². The van der Waals surface area contributed by atoms with Gasteiger partial charge in [0.25, 0.3) is 5.91 Å². The van der Waals surface area contributed by atoms with Gasteiger partial charge in [0.05, 0.1) is 0 Å². The van der Waals surface area contributed by atoms with E-state index in [9.17, 15) is 14.7 Å². The first-order chi connectivity index (χ1) is 10.0. The molecule has 1 heterocycles. The quantitative estimate of drug-likeness (QED) is 0.904. The number of carbonyl (C=O) groups is 2. The fourth-order valence-electron chi connectivity index (χ4n) is 2.91. The van der Waals surface area contributed by atoms with E-state index >= 15 is 0 Å². The van der Waals surface area contributed by atoms with Gasteiger partial charge in [-0.05, 0) is 38.3 Å². The van der Waals surface area contributed by atoms with E-state index in [0.29, 0.717) is 31.6 Å². The second kappa shape index (κ2) is 6.16. The Bertz CT molecular complexity index is 516. The smallest absolute Gasteiger partial charge is 0.329 e. The Labute approximate surface area is 124 Å². The van der Waals surface area contributed by atoms with Crippen LogP contribution in [0.1, 0.15) is 33.1 Å². The molecule has 0 saturated carbocycles. The van der Waals surface area contributed by atoms with Gasteiger partial charge in [-0.2, -0.15) is 0 Å². The molecule has 0 radical (unpaired) electrons. The minimum Gasteiger partial charge on any atom is -0.481 e. The van der Waals surface area contributed by atoms with Gasteiger partial charge in [0.1, 0.15) is 11.3 Å². The van der Waals surface area contributed by atoms with Crippen LogP contribution in [0.4, 0.5) is 0 Å². The monoisotopic (exact) mass is 291 g/mol. The van der Waals surface area contributed by atoms with Crippen molar-refractivity contribution in [2.75, 3.05) is 6.54 Å². The summed E-state index contributed by atoms with van der Waals surface area (Å²) in [5.41, 5.74) is -1.08. The normalized spacial score (nSPS) is 22.9. The lowest BCUT2D eigenvalue weighted by molar-refractivity contribution is -0.159. The lowest BCUT2D eigenvalue weighted by Crippen LogP contribution is -2.55. The Kier molecular flexibility index (Phi) is 4.50. The van der Waals surface area contributed by atoms with Crippen LogP contribution in [-0.4, -0.2) is 40.1 Å². The van der Waals surface area contributed by atoms with Crippen LogP contribution in [0.5, 0.6) is 5.75 Å². The third kappa shape index (κ3) is 2.86. The Morgan fingerprint density at radius 3 is 2.62 bits per heavy atom. The predicted octanol–water partition coefficient (Wildman–Crippen LogP) is 2.31. The molecular formula is C16H21NO4. The largest absolute Gasteiger partial charge is 0.481 e. The van der Waals surface area contributed by atoms with Crippen LogP contribution in [0.15, 0.2) is 30.3 Å². The van der Waals surface area contributed by atoms with Crippen molar-refractivity contribution in [2.45, 2.75) is 44.8 Å². The van der Waals surface area contributed by atoms with Gasteiger partial charge in [-0.25, -0.2) is 4.79 Å². The van der Waals surface area contributed by atoms with Crippen molar-refractivity contribution in [3.8, 4) is 5.75 Å². The van der Waals surface area contributed by atoms with Crippen molar-refractivity contribution in [3.05, 3.63) is 30.3 Å². The van der Waals surface area contributed by atoms with Crippen LogP contribution in [-0.2, 0) is 9.59 Å². The van der Waals surface area contributed by atoms with Crippen molar-refractivity contribution < 1.29 is 19.4 Å². The number of benzene rings is 1. The second-order valence-electron chi connectivity index (χ2n) is 5.36. The molecule has 5 heteroatoms. The highest BCUT2D eigenvalue weighted by molar-refractivity contribution is 5.89. The lowest BCUT2D eigenvalue weighted by Gasteiger charge is -2.35. The molecule has 2 atom stereocenters. The molecule has 5 nitrogen and oxygen atoms in total. The Morgan fingerprint density at radius 1 is 1.38 bits per heavy atom. The van der Waals surface area contributed by atoms with Gasteiger partial charge in [-0.15, -0.1) is 0 Å². The fourth-order valence-corrected chi connectivity index (χ4v) is 2.91. The van der Waals surface area contributed by atoms with Crippen molar-refractivity contribution in [1.29, 1.82) is 0 Å². The van der Waals surface area contributed by atoms with E-state index in [4.69, 9.17) is 4.74 Å². The number of carboxylic acids is 1. The lowest BCUT2D eigenvalue weighted by atomic mass is 9.92. The summed E-state index contributed by atoms with van der Waals surface area (Å²) in [7, 11) is 0. The number of amides is 1. The Morgan fingerprint density at radius 2 is 2.05 bits per heavy atom. The highest BCUT2D eigenvalue weighted by Crippen LogP contribution is 2.33. The summed E-state index contributed by atoms with van der Waals surface area (Å²) in [6, 6.07) is 9.08. The summed E-state index contributed by atoms with van der Waals surface area (Å²) in [6.07, 6.45) is 0.925. The van der Waals surface area contributed by atoms with E-state index in [1.54, 1.807) is 19.1 Å². The fraction of sp³-hybridized carbons (Fsp3) is 0.500. The Balaban J connectivity index is 2.13. The number of hydrogen-bond donors (Lipinski definition) is 1. The maximum Gasteiger partial charge on any atom is 0.329 e. The SMILES string of the molecule is CCC1(C(=O)O)CCCN1C(=O)C(C)Oc1ccccc1. The van der Waals surface area contributed by atoms with Gasteiger partial charge in [-0.3, -0.25) is 4.79 Å². The van der Waals surface area contributed by atoms with Crippen LogP contribution >= 0.6 is 0 Å². The van der Waals surface area contributed by atoms with Crippen LogP contribution in [0.2, 0.25) is 0 Å². The number of likely N-dealkylation sites (tertiary alicyclic amines) is 1. The number of hydrogen-bond acceptors (Lipinski definition) is 3. The summed E-state index contributed by atoms with van der Waals surface area (Å²) < 4.78 is 5.62. The molecule has 0 bridgehead atoms. The first kappa shape index (κ1) is 15.4. The maximum atomic E-state index is 12.6. The number of carboxylic acid groups (broad SMARTS) is 1.